The third-order valence-corrected chi connectivity index (χ3v) is 8.00. The number of fused-ring (bicyclic) bond motifs is 2. The predicted molar refractivity (Wildman–Crippen MR) is 158 cm³/mol. The van der Waals surface area contributed by atoms with Crippen molar-refractivity contribution >= 4 is 22.7 Å². The van der Waals surface area contributed by atoms with Crippen molar-refractivity contribution in [2.45, 2.75) is 38.9 Å². The van der Waals surface area contributed by atoms with Crippen LogP contribution in [-0.2, 0) is 11.3 Å². The van der Waals surface area contributed by atoms with Gasteiger partial charge >= 0.3 is 0 Å². The first-order chi connectivity index (χ1) is 19.6. The molecule has 1 aliphatic heterocycles. The van der Waals surface area contributed by atoms with Gasteiger partial charge in [0.15, 0.2) is 0 Å². The number of amides is 2. The molecule has 5 aromatic rings. The number of para-hydroxylation sites is 1. The maximum Gasteiger partial charge on any atom is 0.255 e. The number of carbonyl (C=O) groups excluding carboxylic acids is 2. The lowest BCUT2D eigenvalue weighted by Gasteiger charge is -2.36. The molecule has 2 amide bonds. The predicted octanol–water partition coefficient (Wildman–Crippen LogP) is 6.51. The first-order valence-corrected chi connectivity index (χ1v) is 13.8. The topological polar surface area (TPSA) is 78.1 Å². The van der Waals surface area contributed by atoms with E-state index in [-0.39, 0.29) is 17.7 Å². The van der Waals surface area contributed by atoms with Gasteiger partial charge in [-0.25, -0.2) is 0 Å². The van der Waals surface area contributed by atoms with Gasteiger partial charge in [-0.3, -0.25) is 14.6 Å². The van der Waals surface area contributed by atoms with E-state index >= 15 is 0 Å². The van der Waals surface area contributed by atoms with Crippen molar-refractivity contribution in [2.24, 2.45) is 5.92 Å². The fourth-order valence-corrected chi connectivity index (χ4v) is 5.87. The summed E-state index contributed by atoms with van der Waals surface area (Å²) in [6.45, 7) is 4.41. The zero-order valence-electron chi connectivity index (χ0n) is 22.7. The highest BCUT2D eigenvalue weighted by atomic mass is 16.2. The van der Waals surface area contributed by atoms with Crippen LogP contribution in [0.5, 0.6) is 0 Å². The van der Waals surface area contributed by atoms with E-state index in [1.165, 1.54) is 0 Å². The molecule has 3 atom stereocenters. The van der Waals surface area contributed by atoms with E-state index in [4.69, 9.17) is 0 Å². The molecule has 3 heterocycles. The zero-order chi connectivity index (χ0) is 27.6. The summed E-state index contributed by atoms with van der Waals surface area (Å²) in [5, 5.41) is 4.12. The lowest BCUT2D eigenvalue weighted by Crippen LogP contribution is -2.52. The smallest absolute Gasteiger partial charge is 0.255 e. The van der Waals surface area contributed by atoms with Crippen LogP contribution in [0.15, 0.2) is 103 Å². The molecular weight excluding hydrogens is 496 g/mol. The van der Waals surface area contributed by atoms with Crippen molar-refractivity contribution in [3.05, 3.63) is 126 Å². The molecule has 0 fully saturated rings. The average molecular weight is 529 g/mol. The number of nitrogens with zero attached hydrogens (tertiary/aromatic N) is 2. The number of aromatic nitrogens is 2. The highest BCUT2D eigenvalue weighted by Gasteiger charge is 2.47. The summed E-state index contributed by atoms with van der Waals surface area (Å²) in [6.07, 6.45) is 2.46. The molecule has 0 bridgehead atoms. The summed E-state index contributed by atoms with van der Waals surface area (Å²) in [6, 6.07) is 30.7. The van der Waals surface area contributed by atoms with Gasteiger partial charge in [-0.1, -0.05) is 93.1 Å². The van der Waals surface area contributed by atoms with Crippen molar-refractivity contribution in [3.8, 4) is 11.3 Å². The first kappa shape index (κ1) is 25.6. The summed E-state index contributed by atoms with van der Waals surface area (Å²) in [4.78, 5) is 38.1. The van der Waals surface area contributed by atoms with E-state index in [9.17, 15) is 9.59 Å². The molecule has 6 heteroatoms. The standard InChI is InChI=1S/C34H32N4O2/c1-3-22(2)31(33(39)36-21-24-15-11-12-20-35-24)38-32(25-16-7-8-17-26(25)34(38)40)29-27-18-9-10-19-28(27)37-30(29)23-13-5-4-6-14-23/h4-20,22,31-32,37H,3,21H2,1-2H3,(H,36,39). The second-order valence-electron chi connectivity index (χ2n) is 10.4. The zero-order valence-corrected chi connectivity index (χ0v) is 22.7. The van der Waals surface area contributed by atoms with Gasteiger partial charge in [-0.15, -0.1) is 0 Å². The Hall–Kier alpha value is -4.71. The van der Waals surface area contributed by atoms with Crippen molar-refractivity contribution in [2.75, 3.05) is 0 Å². The van der Waals surface area contributed by atoms with Gasteiger partial charge in [0.25, 0.3) is 5.91 Å². The Morgan fingerprint density at radius 1 is 0.950 bits per heavy atom. The second-order valence-corrected chi connectivity index (χ2v) is 10.4. The Balaban J connectivity index is 1.52. The van der Waals surface area contributed by atoms with Crippen LogP contribution in [0.3, 0.4) is 0 Å². The number of aromatic amines is 1. The monoisotopic (exact) mass is 528 g/mol. The maximum absolute atomic E-state index is 14.3. The van der Waals surface area contributed by atoms with E-state index in [1.54, 1.807) is 6.20 Å². The number of rotatable bonds is 8. The molecular formula is C34H32N4O2. The Morgan fingerprint density at radius 3 is 2.45 bits per heavy atom. The summed E-state index contributed by atoms with van der Waals surface area (Å²) < 4.78 is 0. The molecule has 0 saturated carbocycles. The fraction of sp³-hybridized carbons (Fsp3) is 0.206. The molecule has 2 aromatic heterocycles. The molecule has 6 nitrogen and oxygen atoms in total. The first-order valence-electron chi connectivity index (χ1n) is 13.8. The van der Waals surface area contributed by atoms with Crippen molar-refractivity contribution in [1.82, 2.24) is 20.2 Å². The summed E-state index contributed by atoms with van der Waals surface area (Å²) in [5.74, 6) is -0.370. The number of hydrogen-bond donors (Lipinski definition) is 2. The van der Waals surface area contributed by atoms with Gasteiger partial charge < -0.3 is 15.2 Å². The minimum Gasteiger partial charge on any atom is -0.354 e. The molecule has 0 spiro atoms. The minimum atomic E-state index is -0.670. The van der Waals surface area contributed by atoms with Crippen LogP contribution in [0.4, 0.5) is 0 Å². The number of carbonyl (C=O) groups is 2. The van der Waals surface area contributed by atoms with Crippen LogP contribution in [0.2, 0.25) is 0 Å². The molecule has 3 unspecified atom stereocenters. The molecule has 6 rings (SSSR count). The minimum absolute atomic E-state index is 0.0742. The maximum atomic E-state index is 14.3. The van der Waals surface area contributed by atoms with Gasteiger partial charge in [0.2, 0.25) is 5.91 Å². The van der Waals surface area contributed by atoms with Crippen LogP contribution in [0.1, 0.15) is 53.5 Å². The lowest BCUT2D eigenvalue weighted by molar-refractivity contribution is -0.128. The van der Waals surface area contributed by atoms with Crippen LogP contribution in [0.25, 0.3) is 22.2 Å². The van der Waals surface area contributed by atoms with Crippen molar-refractivity contribution < 1.29 is 9.59 Å². The lowest BCUT2D eigenvalue weighted by atomic mass is 9.90. The van der Waals surface area contributed by atoms with Gasteiger partial charge in [0, 0.05) is 28.2 Å². The molecule has 0 radical (unpaired) electrons. The van der Waals surface area contributed by atoms with Gasteiger partial charge in [-0.05, 0) is 41.3 Å². The molecule has 2 N–H and O–H groups in total. The normalized spacial score (nSPS) is 16.1. The van der Waals surface area contributed by atoms with Gasteiger partial charge in [-0.2, -0.15) is 0 Å². The molecule has 200 valence electrons. The second kappa shape index (κ2) is 10.8. The summed E-state index contributed by atoms with van der Waals surface area (Å²) >= 11 is 0. The van der Waals surface area contributed by atoms with Gasteiger partial charge in [0.05, 0.1) is 24.0 Å². The number of nitrogens with one attached hydrogen (secondary N) is 2. The summed E-state index contributed by atoms with van der Waals surface area (Å²) in [7, 11) is 0. The Morgan fingerprint density at radius 2 is 1.68 bits per heavy atom. The van der Waals surface area contributed by atoms with E-state index in [0.29, 0.717) is 12.1 Å². The molecule has 1 aliphatic rings. The van der Waals surface area contributed by atoms with E-state index in [0.717, 1.165) is 45.4 Å². The Labute approximate surface area is 234 Å². The van der Waals surface area contributed by atoms with Crippen LogP contribution < -0.4 is 5.32 Å². The Bertz CT molecular complexity index is 1660. The molecule has 0 saturated heterocycles. The third kappa shape index (κ3) is 4.45. The summed E-state index contributed by atoms with van der Waals surface area (Å²) in [5.41, 5.74) is 6.32. The van der Waals surface area contributed by atoms with Crippen molar-refractivity contribution in [3.63, 3.8) is 0 Å². The highest BCUT2D eigenvalue weighted by Crippen LogP contribution is 2.47. The van der Waals surface area contributed by atoms with Crippen molar-refractivity contribution in [1.29, 1.82) is 0 Å². The van der Waals surface area contributed by atoms with Gasteiger partial charge in [0.1, 0.15) is 6.04 Å². The molecule has 40 heavy (non-hydrogen) atoms. The molecule has 0 aliphatic carbocycles. The largest absolute Gasteiger partial charge is 0.354 e. The number of benzene rings is 3. The average Bonchev–Trinajstić information content (AvgIpc) is 3.52. The van der Waals surface area contributed by atoms with E-state index in [1.807, 2.05) is 84.6 Å². The highest BCUT2D eigenvalue weighted by molar-refractivity contribution is 6.04. The number of hydrogen-bond acceptors (Lipinski definition) is 3. The van der Waals surface area contributed by atoms with Crippen LogP contribution >= 0.6 is 0 Å². The third-order valence-electron chi connectivity index (χ3n) is 8.00. The van der Waals surface area contributed by atoms with Crippen LogP contribution in [0, 0.1) is 5.92 Å². The number of H-pyrrole nitrogens is 1. The quantitative estimate of drug-likeness (QED) is 0.241. The van der Waals surface area contributed by atoms with Crippen LogP contribution in [-0.4, -0.2) is 32.7 Å². The SMILES string of the molecule is CCC(C)C(C(=O)NCc1ccccn1)N1C(=O)c2ccccc2C1c1c(-c2ccccc2)[nH]c2ccccc12. The molecule has 3 aromatic carbocycles. The van der Waals surface area contributed by atoms with E-state index < -0.39 is 12.1 Å². The number of pyridine rings is 1. The van der Waals surface area contributed by atoms with E-state index in [2.05, 4.69) is 46.5 Å². The Kier molecular flexibility index (Phi) is 6.91. The fourth-order valence-electron chi connectivity index (χ4n) is 5.87.